The molecule has 18 heavy (non-hydrogen) atoms. The first-order valence-electron chi connectivity index (χ1n) is 7.14. The van der Waals surface area contributed by atoms with Crippen LogP contribution in [-0.4, -0.2) is 41.1 Å². The van der Waals surface area contributed by atoms with Gasteiger partial charge >= 0.3 is 0 Å². The fourth-order valence-electron chi connectivity index (χ4n) is 2.74. The lowest BCUT2D eigenvalue weighted by Crippen LogP contribution is -2.45. The summed E-state index contributed by atoms with van der Waals surface area (Å²) in [7, 11) is 0. The fourth-order valence-corrected chi connectivity index (χ4v) is 2.74. The Morgan fingerprint density at radius 1 is 1.44 bits per heavy atom. The van der Waals surface area contributed by atoms with Gasteiger partial charge in [0.2, 0.25) is 5.91 Å². The molecule has 4 heteroatoms. The zero-order valence-corrected chi connectivity index (χ0v) is 11.9. The zero-order valence-electron chi connectivity index (χ0n) is 11.9. The summed E-state index contributed by atoms with van der Waals surface area (Å²) in [4.78, 5) is 14.4. The minimum atomic E-state index is 0.126. The van der Waals surface area contributed by atoms with Crippen LogP contribution in [0.25, 0.3) is 0 Å². The molecule has 3 atom stereocenters. The molecule has 0 heterocycles. The van der Waals surface area contributed by atoms with Gasteiger partial charge in [-0.1, -0.05) is 6.92 Å². The molecule has 0 radical (unpaired) electrons. The van der Waals surface area contributed by atoms with Crippen molar-refractivity contribution in [2.75, 3.05) is 13.2 Å². The van der Waals surface area contributed by atoms with E-state index >= 15 is 0 Å². The number of hydrogen-bond donors (Lipinski definition) is 2. The first kappa shape index (κ1) is 15.4. The van der Waals surface area contributed by atoms with E-state index in [0.29, 0.717) is 18.9 Å². The van der Waals surface area contributed by atoms with E-state index < -0.39 is 0 Å². The Morgan fingerprint density at radius 2 is 2.11 bits per heavy atom. The van der Waals surface area contributed by atoms with Crippen LogP contribution in [0.4, 0.5) is 0 Å². The van der Waals surface area contributed by atoms with Crippen molar-refractivity contribution in [1.29, 1.82) is 0 Å². The summed E-state index contributed by atoms with van der Waals surface area (Å²) in [5.74, 6) is 0.803. The summed E-state index contributed by atoms with van der Waals surface area (Å²) < 4.78 is 0. The van der Waals surface area contributed by atoms with Crippen molar-refractivity contribution >= 4 is 5.91 Å². The van der Waals surface area contributed by atoms with Crippen molar-refractivity contribution in [3.05, 3.63) is 0 Å². The average molecular weight is 256 g/mol. The first-order valence-corrected chi connectivity index (χ1v) is 7.14. The Balaban J connectivity index is 2.59. The van der Waals surface area contributed by atoms with Crippen LogP contribution in [0.2, 0.25) is 0 Å². The lowest BCUT2D eigenvalue weighted by molar-refractivity contribution is -0.139. The Hall–Kier alpha value is -0.610. The number of aliphatic hydroxyl groups is 1. The molecule has 3 unspecified atom stereocenters. The fraction of sp³-hybridized carbons (Fsp3) is 0.929. The second-order valence-electron chi connectivity index (χ2n) is 5.85. The molecule has 1 aliphatic rings. The molecule has 1 fully saturated rings. The average Bonchev–Trinajstić information content (AvgIpc) is 2.32. The van der Waals surface area contributed by atoms with Gasteiger partial charge in [0.05, 0.1) is 0 Å². The molecule has 0 spiro atoms. The molecule has 0 aliphatic heterocycles. The van der Waals surface area contributed by atoms with E-state index in [1.54, 1.807) is 0 Å². The number of aliphatic hydroxyl groups excluding tert-OH is 1. The van der Waals surface area contributed by atoms with Crippen LogP contribution in [0, 0.1) is 11.8 Å². The Kier molecular flexibility index (Phi) is 6.09. The Bertz CT molecular complexity index is 269. The second kappa shape index (κ2) is 7.10. The number of rotatable bonds is 5. The number of hydrogen-bond acceptors (Lipinski definition) is 3. The molecule has 0 saturated heterocycles. The maximum Gasteiger partial charge on any atom is 0.225 e. The van der Waals surface area contributed by atoms with E-state index in [9.17, 15) is 4.79 Å². The molecule has 1 aliphatic carbocycles. The molecule has 1 rings (SSSR count). The molecule has 0 aromatic carbocycles. The topological polar surface area (TPSA) is 66.6 Å². The van der Waals surface area contributed by atoms with E-state index in [-0.39, 0.29) is 30.5 Å². The zero-order chi connectivity index (χ0) is 13.7. The van der Waals surface area contributed by atoms with Gasteiger partial charge in [0.15, 0.2) is 0 Å². The maximum absolute atomic E-state index is 12.5. The van der Waals surface area contributed by atoms with Crippen molar-refractivity contribution in [2.24, 2.45) is 17.6 Å². The molecule has 1 amide bonds. The maximum atomic E-state index is 12.5. The van der Waals surface area contributed by atoms with Gasteiger partial charge in [-0.2, -0.15) is 0 Å². The van der Waals surface area contributed by atoms with Gasteiger partial charge in [-0.25, -0.2) is 0 Å². The molecule has 106 valence electrons. The van der Waals surface area contributed by atoms with Crippen molar-refractivity contribution in [3.8, 4) is 0 Å². The molecule has 4 nitrogen and oxygen atoms in total. The first-order chi connectivity index (χ1) is 8.47. The minimum absolute atomic E-state index is 0.126. The van der Waals surface area contributed by atoms with Crippen molar-refractivity contribution in [1.82, 2.24) is 4.90 Å². The van der Waals surface area contributed by atoms with Gasteiger partial charge in [0.1, 0.15) is 0 Å². The molecule has 0 aromatic heterocycles. The quantitative estimate of drug-likeness (QED) is 0.780. The standard InChI is InChI=1S/C14H28N2O2/c1-10(2)16(7-4-8-17)14(18)12-5-6-13(15)11(3)9-12/h10-13,17H,4-9,15H2,1-3H3. The van der Waals surface area contributed by atoms with Gasteiger partial charge in [-0.3, -0.25) is 4.79 Å². The lowest BCUT2D eigenvalue weighted by Gasteiger charge is -2.36. The van der Waals surface area contributed by atoms with Crippen LogP contribution in [0.3, 0.4) is 0 Å². The van der Waals surface area contributed by atoms with Crippen LogP contribution >= 0.6 is 0 Å². The van der Waals surface area contributed by atoms with Crippen molar-refractivity contribution in [2.45, 2.75) is 58.5 Å². The normalized spacial score (nSPS) is 28.4. The third kappa shape index (κ3) is 3.95. The molecular formula is C14H28N2O2. The highest BCUT2D eigenvalue weighted by Gasteiger charge is 2.32. The highest BCUT2D eigenvalue weighted by molar-refractivity contribution is 5.79. The second-order valence-corrected chi connectivity index (χ2v) is 5.85. The summed E-state index contributed by atoms with van der Waals surface area (Å²) in [6.07, 6.45) is 3.42. The highest BCUT2D eigenvalue weighted by atomic mass is 16.3. The third-order valence-corrected chi connectivity index (χ3v) is 4.05. The summed E-state index contributed by atoms with van der Waals surface area (Å²) in [5, 5.41) is 8.91. The summed E-state index contributed by atoms with van der Waals surface area (Å²) in [5.41, 5.74) is 6.00. The van der Waals surface area contributed by atoms with Gasteiger partial charge in [-0.15, -0.1) is 0 Å². The monoisotopic (exact) mass is 256 g/mol. The number of amides is 1. The summed E-state index contributed by atoms with van der Waals surface area (Å²) in [6, 6.07) is 0.453. The van der Waals surface area contributed by atoms with E-state index in [1.807, 2.05) is 18.7 Å². The van der Waals surface area contributed by atoms with E-state index in [4.69, 9.17) is 10.8 Å². The SMILES string of the molecule is CC1CC(C(=O)N(CCCO)C(C)C)CCC1N. The predicted octanol–water partition coefficient (Wildman–Crippen LogP) is 1.37. The van der Waals surface area contributed by atoms with Gasteiger partial charge in [0, 0.05) is 31.2 Å². The number of carbonyl (C=O) groups is 1. The van der Waals surface area contributed by atoms with Gasteiger partial charge < -0.3 is 15.7 Å². The van der Waals surface area contributed by atoms with E-state index in [2.05, 4.69) is 6.92 Å². The molecule has 0 aromatic rings. The Morgan fingerprint density at radius 3 is 2.61 bits per heavy atom. The number of nitrogens with two attached hydrogens (primary N) is 1. The largest absolute Gasteiger partial charge is 0.396 e. The molecular weight excluding hydrogens is 228 g/mol. The molecule has 1 saturated carbocycles. The Labute approximate surface area is 111 Å². The van der Waals surface area contributed by atoms with Crippen LogP contribution in [0.1, 0.15) is 46.5 Å². The number of nitrogens with zero attached hydrogens (tertiary/aromatic N) is 1. The van der Waals surface area contributed by atoms with Gasteiger partial charge in [-0.05, 0) is 45.4 Å². The smallest absolute Gasteiger partial charge is 0.225 e. The van der Waals surface area contributed by atoms with E-state index in [1.165, 1.54) is 0 Å². The van der Waals surface area contributed by atoms with E-state index in [0.717, 1.165) is 19.3 Å². The minimum Gasteiger partial charge on any atom is -0.396 e. The van der Waals surface area contributed by atoms with Crippen LogP contribution in [-0.2, 0) is 4.79 Å². The third-order valence-electron chi connectivity index (χ3n) is 4.05. The van der Waals surface area contributed by atoms with Crippen LogP contribution in [0.15, 0.2) is 0 Å². The van der Waals surface area contributed by atoms with Crippen molar-refractivity contribution in [3.63, 3.8) is 0 Å². The van der Waals surface area contributed by atoms with Crippen molar-refractivity contribution < 1.29 is 9.90 Å². The lowest BCUT2D eigenvalue weighted by atomic mass is 9.78. The van der Waals surface area contributed by atoms with Crippen LogP contribution < -0.4 is 5.73 Å². The molecule has 0 bridgehead atoms. The molecule has 3 N–H and O–H groups in total. The van der Waals surface area contributed by atoms with Crippen LogP contribution in [0.5, 0.6) is 0 Å². The summed E-state index contributed by atoms with van der Waals surface area (Å²) >= 11 is 0. The number of carbonyl (C=O) groups excluding carboxylic acids is 1. The van der Waals surface area contributed by atoms with Gasteiger partial charge in [0.25, 0.3) is 0 Å². The highest BCUT2D eigenvalue weighted by Crippen LogP contribution is 2.29. The summed E-state index contributed by atoms with van der Waals surface area (Å²) in [6.45, 7) is 7.00. The predicted molar refractivity (Wildman–Crippen MR) is 73.0 cm³/mol.